The van der Waals surface area contributed by atoms with Crippen molar-refractivity contribution in [1.29, 1.82) is 0 Å². The molecule has 2 aromatic rings. The lowest BCUT2D eigenvalue weighted by Gasteiger charge is -2.14. The quantitative estimate of drug-likeness (QED) is 0.731. The van der Waals surface area contributed by atoms with Crippen LogP contribution in [0.1, 0.15) is 55.2 Å². The molecule has 0 fully saturated rings. The molecule has 0 bridgehead atoms. The summed E-state index contributed by atoms with van der Waals surface area (Å²) in [6.07, 6.45) is 3.24. The highest BCUT2D eigenvalue weighted by Gasteiger charge is 2.09. The maximum absolute atomic E-state index is 11.9. The van der Waals surface area contributed by atoms with Crippen LogP contribution in [0.2, 0.25) is 0 Å². The first-order chi connectivity index (χ1) is 11.2. The van der Waals surface area contributed by atoms with Crippen molar-refractivity contribution in [3.8, 4) is 0 Å². The fraction of sp³-hybridized carbons (Fsp3) is 0.389. The third-order valence-corrected chi connectivity index (χ3v) is 3.63. The summed E-state index contributed by atoms with van der Waals surface area (Å²) in [4.78, 5) is 11.9. The maximum Gasteiger partial charge on any atom is 0.271 e. The number of anilines is 1. The van der Waals surface area contributed by atoms with Gasteiger partial charge in [0.15, 0.2) is 5.69 Å². The van der Waals surface area contributed by atoms with Crippen LogP contribution < -0.4 is 10.6 Å². The van der Waals surface area contributed by atoms with Gasteiger partial charge in [0.25, 0.3) is 5.91 Å². The van der Waals surface area contributed by atoms with Gasteiger partial charge in [0, 0.05) is 12.6 Å². The first-order valence-corrected chi connectivity index (χ1v) is 8.14. The molecule has 2 N–H and O–H groups in total. The molecule has 5 heteroatoms. The van der Waals surface area contributed by atoms with E-state index in [1.54, 1.807) is 12.1 Å². The van der Waals surface area contributed by atoms with E-state index in [1.807, 2.05) is 18.2 Å². The number of carbonyl (C=O) groups is 1. The lowest BCUT2D eigenvalue weighted by Crippen LogP contribution is -2.25. The van der Waals surface area contributed by atoms with Crippen LogP contribution in [0, 0.1) is 0 Å². The zero-order valence-corrected chi connectivity index (χ0v) is 13.7. The van der Waals surface area contributed by atoms with E-state index in [1.165, 1.54) is 5.56 Å². The second-order valence-corrected chi connectivity index (χ2v) is 5.54. The average Bonchev–Trinajstić information content (AvgIpc) is 2.60. The van der Waals surface area contributed by atoms with Gasteiger partial charge in [-0.3, -0.25) is 4.79 Å². The number of benzene rings is 1. The number of aromatic nitrogens is 2. The van der Waals surface area contributed by atoms with Crippen molar-refractivity contribution in [2.24, 2.45) is 0 Å². The fourth-order valence-electron chi connectivity index (χ4n) is 2.24. The van der Waals surface area contributed by atoms with Crippen molar-refractivity contribution >= 4 is 11.7 Å². The molecular formula is C18H24N4O. The summed E-state index contributed by atoms with van der Waals surface area (Å²) >= 11 is 0. The molecule has 0 saturated carbocycles. The molecule has 0 aliphatic rings. The number of hydrogen-bond acceptors (Lipinski definition) is 4. The monoisotopic (exact) mass is 312 g/mol. The van der Waals surface area contributed by atoms with Crippen LogP contribution in [-0.4, -0.2) is 22.6 Å². The minimum Gasteiger partial charge on any atom is -0.362 e. The zero-order chi connectivity index (χ0) is 16.5. The van der Waals surface area contributed by atoms with Gasteiger partial charge in [0.2, 0.25) is 0 Å². The van der Waals surface area contributed by atoms with Crippen LogP contribution >= 0.6 is 0 Å². The van der Waals surface area contributed by atoms with E-state index in [0.717, 1.165) is 19.3 Å². The number of nitrogens with zero attached hydrogens (tertiary/aromatic N) is 2. The lowest BCUT2D eigenvalue weighted by atomic mass is 10.1. The van der Waals surface area contributed by atoms with Gasteiger partial charge in [-0.2, -0.15) is 0 Å². The highest BCUT2D eigenvalue weighted by Crippen LogP contribution is 2.16. The SMILES string of the molecule is CCCCCNC(=O)c1ccc(NC(C)c2ccccc2)nn1. The third-order valence-electron chi connectivity index (χ3n) is 3.63. The molecule has 122 valence electrons. The molecule has 1 aromatic heterocycles. The fourth-order valence-corrected chi connectivity index (χ4v) is 2.24. The van der Waals surface area contributed by atoms with Crippen LogP contribution in [0.15, 0.2) is 42.5 Å². The number of unbranched alkanes of at least 4 members (excludes halogenated alkanes) is 2. The molecule has 5 nitrogen and oxygen atoms in total. The van der Waals surface area contributed by atoms with E-state index in [-0.39, 0.29) is 11.9 Å². The minimum absolute atomic E-state index is 0.124. The second kappa shape index (κ2) is 8.88. The van der Waals surface area contributed by atoms with Crippen LogP contribution in [0.25, 0.3) is 0 Å². The van der Waals surface area contributed by atoms with Crippen LogP contribution in [0.5, 0.6) is 0 Å². The topological polar surface area (TPSA) is 66.9 Å². The summed E-state index contributed by atoms with van der Waals surface area (Å²) in [6.45, 7) is 4.88. The summed E-state index contributed by atoms with van der Waals surface area (Å²) in [5, 5.41) is 14.2. The molecule has 1 heterocycles. The number of nitrogens with one attached hydrogen (secondary N) is 2. The van der Waals surface area contributed by atoms with Gasteiger partial charge in [-0.05, 0) is 31.0 Å². The van der Waals surface area contributed by atoms with Gasteiger partial charge in [0.1, 0.15) is 5.82 Å². The van der Waals surface area contributed by atoms with Gasteiger partial charge in [0.05, 0.1) is 0 Å². The van der Waals surface area contributed by atoms with E-state index in [2.05, 4.69) is 46.8 Å². The van der Waals surface area contributed by atoms with Crippen LogP contribution in [0.3, 0.4) is 0 Å². The summed E-state index contributed by atoms with van der Waals surface area (Å²) in [5.74, 6) is 0.486. The Kier molecular flexibility index (Phi) is 6.54. The van der Waals surface area contributed by atoms with Crippen molar-refractivity contribution in [3.63, 3.8) is 0 Å². The Morgan fingerprint density at radius 2 is 1.87 bits per heavy atom. The predicted molar refractivity (Wildman–Crippen MR) is 92.4 cm³/mol. The Hall–Kier alpha value is -2.43. The summed E-state index contributed by atoms with van der Waals surface area (Å²) in [6, 6.07) is 13.7. The summed E-state index contributed by atoms with van der Waals surface area (Å²) in [7, 11) is 0. The Morgan fingerprint density at radius 1 is 1.09 bits per heavy atom. The largest absolute Gasteiger partial charge is 0.362 e. The molecule has 0 saturated heterocycles. The summed E-state index contributed by atoms with van der Waals surface area (Å²) < 4.78 is 0. The van der Waals surface area contributed by atoms with Gasteiger partial charge in [-0.15, -0.1) is 10.2 Å². The highest BCUT2D eigenvalue weighted by atomic mass is 16.1. The number of hydrogen-bond donors (Lipinski definition) is 2. The first-order valence-electron chi connectivity index (χ1n) is 8.14. The van der Waals surface area contributed by atoms with Crippen molar-refractivity contribution in [3.05, 3.63) is 53.7 Å². The molecular weight excluding hydrogens is 288 g/mol. The standard InChI is InChI=1S/C18H24N4O/c1-3-4-8-13-19-18(23)16-11-12-17(22-21-16)20-14(2)15-9-6-5-7-10-15/h5-7,9-12,14H,3-4,8,13H2,1-2H3,(H,19,23)(H,20,22). The van der Waals surface area contributed by atoms with E-state index in [4.69, 9.17) is 0 Å². The molecule has 23 heavy (non-hydrogen) atoms. The zero-order valence-electron chi connectivity index (χ0n) is 13.7. The lowest BCUT2D eigenvalue weighted by molar-refractivity contribution is 0.0947. The Labute approximate surface area is 137 Å². The van der Waals surface area contributed by atoms with Gasteiger partial charge >= 0.3 is 0 Å². The molecule has 2 rings (SSSR count). The molecule has 0 aliphatic heterocycles. The third kappa shape index (κ3) is 5.36. The molecule has 0 spiro atoms. The number of amides is 1. The van der Waals surface area contributed by atoms with E-state index in [9.17, 15) is 4.79 Å². The molecule has 1 atom stereocenters. The molecule has 0 radical (unpaired) electrons. The summed E-state index contributed by atoms with van der Waals surface area (Å²) in [5.41, 5.74) is 1.52. The molecule has 1 unspecified atom stereocenters. The Balaban J connectivity index is 1.88. The second-order valence-electron chi connectivity index (χ2n) is 5.54. The molecule has 0 aliphatic carbocycles. The van der Waals surface area contributed by atoms with E-state index >= 15 is 0 Å². The van der Waals surface area contributed by atoms with Gasteiger partial charge in [-0.1, -0.05) is 50.1 Å². The molecule has 1 amide bonds. The van der Waals surface area contributed by atoms with Crippen LogP contribution in [-0.2, 0) is 0 Å². The molecule has 1 aromatic carbocycles. The van der Waals surface area contributed by atoms with Crippen molar-refractivity contribution in [2.45, 2.75) is 39.2 Å². The first kappa shape index (κ1) is 16.9. The van der Waals surface area contributed by atoms with E-state index in [0.29, 0.717) is 18.1 Å². The van der Waals surface area contributed by atoms with Crippen molar-refractivity contribution in [1.82, 2.24) is 15.5 Å². The van der Waals surface area contributed by atoms with Crippen molar-refractivity contribution in [2.75, 3.05) is 11.9 Å². The Morgan fingerprint density at radius 3 is 2.52 bits per heavy atom. The predicted octanol–water partition coefficient (Wildman–Crippen LogP) is 3.57. The highest BCUT2D eigenvalue weighted by molar-refractivity contribution is 5.92. The average molecular weight is 312 g/mol. The van der Waals surface area contributed by atoms with Crippen molar-refractivity contribution < 1.29 is 4.79 Å². The maximum atomic E-state index is 11.9. The van der Waals surface area contributed by atoms with Crippen LogP contribution in [0.4, 0.5) is 5.82 Å². The normalized spacial score (nSPS) is 11.7. The Bertz CT molecular complexity index is 598. The van der Waals surface area contributed by atoms with Gasteiger partial charge < -0.3 is 10.6 Å². The number of rotatable bonds is 8. The smallest absolute Gasteiger partial charge is 0.271 e. The van der Waals surface area contributed by atoms with Gasteiger partial charge in [-0.25, -0.2) is 0 Å². The number of carbonyl (C=O) groups excluding carboxylic acids is 1. The minimum atomic E-state index is -0.170. The van der Waals surface area contributed by atoms with E-state index < -0.39 is 0 Å².